The van der Waals surface area contributed by atoms with Crippen LogP contribution in [0.4, 0.5) is 5.69 Å². The predicted molar refractivity (Wildman–Crippen MR) is 134 cm³/mol. The Bertz CT molecular complexity index is 1290. The highest BCUT2D eigenvalue weighted by Crippen LogP contribution is 2.34. The molecule has 0 aliphatic carbocycles. The molecule has 2 amide bonds. The minimum absolute atomic E-state index is 0.0444. The molecule has 4 rings (SSSR count). The molecule has 0 unspecified atom stereocenters. The van der Waals surface area contributed by atoms with Gasteiger partial charge in [-0.15, -0.1) is 0 Å². The average molecular weight is 481 g/mol. The monoisotopic (exact) mass is 480 g/mol. The number of H-pyrrole nitrogens is 1. The minimum Gasteiger partial charge on any atom is -0.335 e. The molecule has 0 radical (unpaired) electrons. The van der Waals surface area contributed by atoms with Gasteiger partial charge in [0.05, 0.1) is 23.4 Å². The molecule has 1 N–H and O–H groups in total. The lowest BCUT2D eigenvalue weighted by atomic mass is 9.96. The average Bonchev–Trinajstić information content (AvgIpc) is 3.22. The first kappa shape index (κ1) is 24.0. The van der Waals surface area contributed by atoms with Gasteiger partial charge in [-0.25, -0.2) is 4.98 Å². The van der Waals surface area contributed by atoms with Gasteiger partial charge in [0.15, 0.2) is 0 Å². The Kier molecular flexibility index (Phi) is 7.03. The standard InChI is InChI=1S/C26H29ClN4O3/c1-4-16(3)19-8-6-7-9-22(19)31-14-17(12-24(31)32)26(34)30(5-2)15-23-28-21-13-18(27)10-11-20(21)25(33)29-23/h6-11,13,16-17H,4-5,12,14-15H2,1-3H3,(H,28,29,33)/t16-,17+/m1/s1. The molecule has 2 heterocycles. The molecule has 34 heavy (non-hydrogen) atoms. The molecular formula is C26H29ClN4O3. The summed E-state index contributed by atoms with van der Waals surface area (Å²) in [5.41, 5.74) is 2.22. The van der Waals surface area contributed by atoms with Crippen LogP contribution in [-0.4, -0.2) is 39.8 Å². The Morgan fingerprint density at radius 3 is 2.74 bits per heavy atom. The quantitative estimate of drug-likeness (QED) is 0.539. The minimum atomic E-state index is -0.445. The number of halogens is 1. The summed E-state index contributed by atoms with van der Waals surface area (Å²) in [4.78, 5) is 49.4. The summed E-state index contributed by atoms with van der Waals surface area (Å²) in [6.45, 7) is 7.08. The molecule has 1 aliphatic heterocycles. The van der Waals surface area contributed by atoms with Crippen LogP contribution in [0.5, 0.6) is 0 Å². The number of anilines is 1. The molecule has 2 aromatic carbocycles. The Balaban J connectivity index is 1.54. The van der Waals surface area contributed by atoms with Gasteiger partial charge >= 0.3 is 0 Å². The van der Waals surface area contributed by atoms with E-state index in [9.17, 15) is 14.4 Å². The van der Waals surface area contributed by atoms with Crippen molar-refractivity contribution in [2.75, 3.05) is 18.0 Å². The van der Waals surface area contributed by atoms with Crippen molar-refractivity contribution in [1.82, 2.24) is 14.9 Å². The first-order chi connectivity index (χ1) is 16.3. The van der Waals surface area contributed by atoms with Gasteiger partial charge in [0, 0.05) is 30.2 Å². The van der Waals surface area contributed by atoms with E-state index in [2.05, 4.69) is 29.9 Å². The van der Waals surface area contributed by atoms with Crippen LogP contribution in [0.25, 0.3) is 10.9 Å². The van der Waals surface area contributed by atoms with Gasteiger partial charge in [-0.1, -0.05) is 43.6 Å². The molecular weight excluding hydrogens is 452 g/mol. The van der Waals surface area contributed by atoms with Crippen molar-refractivity contribution in [2.45, 2.75) is 46.1 Å². The second kappa shape index (κ2) is 9.97. The molecule has 3 aromatic rings. The van der Waals surface area contributed by atoms with Crippen molar-refractivity contribution in [2.24, 2.45) is 5.92 Å². The van der Waals surface area contributed by atoms with Gasteiger partial charge in [0.25, 0.3) is 5.56 Å². The van der Waals surface area contributed by atoms with E-state index < -0.39 is 5.92 Å². The molecule has 0 saturated carbocycles. The Morgan fingerprint density at radius 1 is 1.24 bits per heavy atom. The normalized spacial score (nSPS) is 16.8. The van der Waals surface area contributed by atoms with Crippen LogP contribution in [-0.2, 0) is 16.1 Å². The number of hydrogen-bond acceptors (Lipinski definition) is 4. The number of aromatic amines is 1. The highest BCUT2D eigenvalue weighted by atomic mass is 35.5. The van der Waals surface area contributed by atoms with Gasteiger partial charge in [-0.2, -0.15) is 0 Å². The van der Waals surface area contributed by atoms with Crippen molar-refractivity contribution in [3.05, 3.63) is 69.2 Å². The highest BCUT2D eigenvalue weighted by molar-refractivity contribution is 6.31. The smallest absolute Gasteiger partial charge is 0.258 e. The lowest BCUT2D eigenvalue weighted by Crippen LogP contribution is -2.38. The molecule has 2 atom stereocenters. The molecule has 1 aromatic heterocycles. The number of para-hydroxylation sites is 1. The number of rotatable bonds is 7. The summed E-state index contributed by atoms with van der Waals surface area (Å²) in [7, 11) is 0. The third-order valence-corrected chi connectivity index (χ3v) is 6.83. The molecule has 0 spiro atoms. The van der Waals surface area contributed by atoms with Crippen LogP contribution in [0.3, 0.4) is 0 Å². The van der Waals surface area contributed by atoms with E-state index in [4.69, 9.17) is 11.6 Å². The van der Waals surface area contributed by atoms with Gasteiger partial charge in [0.2, 0.25) is 11.8 Å². The molecule has 1 fully saturated rings. The maximum atomic E-state index is 13.4. The topological polar surface area (TPSA) is 86.4 Å². The first-order valence-corrected chi connectivity index (χ1v) is 12.1. The number of carbonyl (C=O) groups excluding carboxylic acids is 2. The number of carbonyl (C=O) groups is 2. The van der Waals surface area contributed by atoms with E-state index in [-0.39, 0.29) is 30.3 Å². The van der Waals surface area contributed by atoms with E-state index in [1.165, 1.54) is 0 Å². The van der Waals surface area contributed by atoms with Gasteiger partial charge in [-0.05, 0) is 49.1 Å². The van der Waals surface area contributed by atoms with Crippen molar-refractivity contribution in [3.63, 3.8) is 0 Å². The van der Waals surface area contributed by atoms with E-state index in [0.29, 0.717) is 40.8 Å². The summed E-state index contributed by atoms with van der Waals surface area (Å²) in [5, 5.41) is 0.932. The Morgan fingerprint density at radius 2 is 2.00 bits per heavy atom. The van der Waals surface area contributed by atoms with Gasteiger partial charge in [0.1, 0.15) is 5.82 Å². The zero-order chi connectivity index (χ0) is 24.4. The first-order valence-electron chi connectivity index (χ1n) is 11.7. The summed E-state index contributed by atoms with van der Waals surface area (Å²) in [5.74, 6) is 0.0952. The van der Waals surface area contributed by atoms with Crippen LogP contribution >= 0.6 is 11.6 Å². The van der Waals surface area contributed by atoms with Gasteiger partial charge in [-0.3, -0.25) is 14.4 Å². The molecule has 178 valence electrons. The lowest BCUT2D eigenvalue weighted by Gasteiger charge is -2.25. The third-order valence-electron chi connectivity index (χ3n) is 6.60. The van der Waals surface area contributed by atoms with Crippen molar-refractivity contribution in [3.8, 4) is 0 Å². The fraction of sp³-hybridized carbons (Fsp3) is 0.385. The number of nitrogens with zero attached hydrogens (tertiary/aromatic N) is 3. The number of nitrogens with one attached hydrogen (secondary N) is 1. The van der Waals surface area contributed by atoms with E-state index >= 15 is 0 Å². The van der Waals surface area contributed by atoms with E-state index in [1.54, 1.807) is 28.0 Å². The summed E-state index contributed by atoms with van der Waals surface area (Å²) < 4.78 is 0. The zero-order valence-corrected chi connectivity index (χ0v) is 20.4. The molecule has 7 nitrogen and oxygen atoms in total. The van der Waals surface area contributed by atoms with Crippen LogP contribution in [0, 0.1) is 5.92 Å². The van der Waals surface area contributed by atoms with Crippen LogP contribution < -0.4 is 10.5 Å². The second-order valence-electron chi connectivity index (χ2n) is 8.80. The van der Waals surface area contributed by atoms with Gasteiger partial charge < -0.3 is 14.8 Å². The van der Waals surface area contributed by atoms with Crippen molar-refractivity contribution < 1.29 is 9.59 Å². The summed E-state index contributed by atoms with van der Waals surface area (Å²) in [6, 6.07) is 12.8. The highest BCUT2D eigenvalue weighted by Gasteiger charge is 2.38. The van der Waals surface area contributed by atoms with Crippen LogP contribution in [0.2, 0.25) is 5.02 Å². The van der Waals surface area contributed by atoms with Crippen LogP contribution in [0.15, 0.2) is 47.3 Å². The summed E-state index contributed by atoms with van der Waals surface area (Å²) in [6.07, 6.45) is 1.13. The number of hydrogen-bond donors (Lipinski definition) is 1. The predicted octanol–water partition coefficient (Wildman–Crippen LogP) is 4.49. The maximum Gasteiger partial charge on any atom is 0.258 e. The van der Waals surface area contributed by atoms with Crippen molar-refractivity contribution >= 4 is 40.0 Å². The Labute approximate surface area is 203 Å². The molecule has 1 saturated heterocycles. The van der Waals surface area contributed by atoms with Crippen molar-refractivity contribution in [1.29, 1.82) is 0 Å². The largest absolute Gasteiger partial charge is 0.335 e. The number of aromatic nitrogens is 2. The van der Waals surface area contributed by atoms with E-state index in [1.807, 2.05) is 25.1 Å². The number of fused-ring (bicyclic) bond motifs is 1. The summed E-state index contributed by atoms with van der Waals surface area (Å²) >= 11 is 6.06. The third kappa shape index (κ3) is 4.71. The SMILES string of the molecule is CC[C@@H](C)c1ccccc1N1C[C@@H](C(=O)N(CC)Cc2nc3cc(Cl)ccc3c(=O)[nH]2)CC1=O. The number of amides is 2. The zero-order valence-electron chi connectivity index (χ0n) is 19.7. The molecule has 0 bridgehead atoms. The van der Waals surface area contributed by atoms with E-state index in [0.717, 1.165) is 17.7 Å². The number of benzene rings is 2. The fourth-order valence-electron chi connectivity index (χ4n) is 4.50. The molecule has 8 heteroatoms. The molecule has 1 aliphatic rings. The Hall–Kier alpha value is -3.19. The fourth-order valence-corrected chi connectivity index (χ4v) is 4.66. The second-order valence-corrected chi connectivity index (χ2v) is 9.24. The van der Waals surface area contributed by atoms with Crippen LogP contribution in [0.1, 0.15) is 50.9 Å². The maximum absolute atomic E-state index is 13.4. The lowest BCUT2D eigenvalue weighted by molar-refractivity contribution is -0.136.